The number of pyridine rings is 1. The summed E-state index contributed by atoms with van der Waals surface area (Å²) in [6.45, 7) is 6.62. The average molecular weight is 475 g/mol. The summed E-state index contributed by atoms with van der Waals surface area (Å²) in [5, 5.41) is 7.29. The molecule has 1 aromatic heterocycles. The summed E-state index contributed by atoms with van der Waals surface area (Å²) in [5.41, 5.74) is 2.20. The zero-order valence-electron chi connectivity index (χ0n) is 14.5. The first-order valence-electron chi connectivity index (χ1n) is 8.05. The van der Waals surface area contributed by atoms with E-state index in [9.17, 15) is 0 Å². The Kier molecular flexibility index (Phi) is 10.3. The Balaban J connectivity index is 0.00000312. The Morgan fingerprint density at radius 3 is 2.56 bits per heavy atom. The predicted octanol–water partition coefficient (Wildman–Crippen LogP) is 4.01. The van der Waals surface area contributed by atoms with Crippen LogP contribution in [0.25, 0.3) is 0 Å². The molecule has 0 spiro atoms. The van der Waals surface area contributed by atoms with Crippen LogP contribution in [0.4, 0.5) is 0 Å². The summed E-state index contributed by atoms with van der Waals surface area (Å²) in [6, 6.07) is 11.6. The highest BCUT2D eigenvalue weighted by Crippen LogP contribution is 2.11. The van der Waals surface area contributed by atoms with E-state index in [0.717, 1.165) is 28.7 Å². The molecule has 0 unspecified atom stereocenters. The fraction of sp³-hybridized carbons (Fsp3) is 0.333. The Labute approximate surface area is 171 Å². The summed E-state index contributed by atoms with van der Waals surface area (Å²) in [7, 11) is 0. The molecule has 0 bridgehead atoms. The molecule has 0 aliphatic heterocycles. The molecule has 2 rings (SSSR count). The first-order valence-corrected chi connectivity index (χ1v) is 8.43. The molecule has 0 aliphatic carbocycles. The van der Waals surface area contributed by atoms with Crippen LogP contribution >= 0.6 is 35.6 Å². The molecule has 25 heavy (non-hydrogen) atoms. The molecule has 1 aromatic carbocycles. The van der Waals surface area contributed by atoms with E-state index in [1.54, 1.807) is 6.20 Å². The first-order chi connectivity index (χ1) is 11.7. The predicted molar refractivity (Wildman–Crippen MR) is 114 cm³/mol. The number of nitrogens with zero attached hydrogens (tertiary/aromatic N) is 2. The smallest absolute Gasteiger partial charge is 0.213 e. The lowest BCUT2D eigenvalue weighted by molar-refractivity contribution is 0.326. The minimum atomic E-state index is 0. The summed E-state index contributed by atoms with van der Waals surface area (Å²) < 4.78 is 5.41. The Hall–Kier alpha value is -1.54. The summed E-state index contributed by atoms with van der Waals surface area (Å²) >= 11 is 5.91. The normalized spacial score (nSPS) is 10.8. The lowest BCUT2D eigenvalue weighted by atomic mass is 10.2. The molecule has 5 nitrogen and oxygen atoms in total. The molecule has 136 valence electrons. The summed E-state index contributed by atoms with van der Waals surface area (Å²) in [5.74, 6) is 1.39. The second-order valence-corrected chi connectivity index (χ2v) is 5.55. The standard InChI is InChI=1S/C18H23ClN4O.HI/c1-3-20-18(22-12-14-5-7-16(19)8-6-14)23-13-15-9-10-21-17(11-15)24-4-2;/h5-11H,3-4,12-13H2,1-2H3,(H2,20,22,23);1H. The van der Waals surface area contributed by atoms with Crippen LogP contribution in [0.15, 0.2) is 47.6 Å². The lowest BCUT2D eigenvalue weighted by Gasteiger charge is -2.11. The number of rotatable bonds is 7. The second-order valence-electron chi connectivity index (χ2n) is 5.11. The van der Waals surface area contributed by atoms with Gasteiger partial charge in [0.15, 0.2) is 5.96 Å². The van der Waals surface area contributed by atoms with Crippen molar-refractivity contribution in [1.29, 1.82) is 0 Å². The number of ether oxygens (including phenoxy) is 1. The number of guanidine groups is 1. The third-order valence-corrected chi connectivity index (χ3v) is 3.48. The molecule has 0 saturated heterocycles. The maximum absolute atomic E-state index is 5.91. The number of halogens is 2. The van der Waals surface area contributed by atoms with E-state index in [1.807, 2.05) is 50.2 Å². The van der Waals surface area contributed by atoms with Gasteiger partial charge in [0.25, 0.3) is 0 Å². The molecular weight excluding hydrogens is 451 g/mol. The average Bonchev–Trinajstić information content (AvgIpc) is 2.59. The van der Waals surface area contributed by atoms with Crippen molar-refractivity contribution < 1.29 is 4.74 Å². The minimum Gasteiger partial charge on any atom is -0.478 e. The van der Waals surface area contributed by atoms with Gasteiger partial charge in [-0.25, -0.2) is 9.98 Å². The molecule has 0 saturated carbocycles. The van der Waals surface area contributed by atoms with E-state index in [-0.39, 0.29) is 24.0 Å². The zero-order valence-corrected chi connectivity index (χ0v) is 17.5. The number of hydrogen-bond acceptors (Lipinski definition) is 3. The van der Waals surface area contributed by atoms with Crippen molar-refractivity contribution in [2.24, 2.45) is 4.99 Å². The van der Waals surface area contributed by atoms with E-state index < -0.39 is 0 Å². The molecule has 0 fully saturated rings. The van der Waals surface area contributed by atoms with Crippen molar-refractivity contribution in [2.45, 2.75) is 26.9 Å². The minimum absolute atomic E-state index is 0. The fourth-order valence-electron chi connectivity index (χ4n) is 2.08. The van der Waals surface area contributed by atoms with Crippen molar-refractivity contribution in [3.05, 3.63) is 58.7 Å². The van der Waals surface area contributed by atoms with Gasteiger partial charge < -0.3 is 15.4 Å². The van der Waals surface area contributed by atoms with Crippen molar-refractivity contribution in [1.82, 2.24) is 15.6 Å². The Morgan fingerprint density at radius 2 is 1.88 bits per heavy atom. The van der Waals surface area contributed by atoms with Crippen LogP contribution in [-0.4, -0.2) is 24.1 Å². The zero-order chi connectivity index (χ0) is 17.2. The van der Waals surface area contributed by atoms with Gasteiger partial charge in [-0.05, 0) is 43.2 Å². The van der Waals surface area contributed by atoms with Crippen LogP contribution < -0.4 is 15.4 Å². The van der Waals surface area contributed by atoms with Crippen LogP contribution in [0.3, 0.4) is 0 Å². The highest BCUT2D eigenvalue weighted by atomic mass is 127. The molecule has 2 N–H and O–H groups in total. The highest BCUT2D eigenvalue weighted by Gasteiger charge is 2.01. The van der Waals surface area contributed by atoms with Gasteiger partial charge in [0.2, 0.25) is 5.88 Å². The van der Waals surface area contributed by atoms with Gasteiger partial charge in [0.05, 0.1) is 13.2 Å². The first kappa shape index (κ1) is 21.5. The number of aliphatic imine (C=N–C) groups is 1. The number of nitrogens with one attached hydrogen (secondary N) is 2. The maximum Gasteiger partial charge on any atom is 0.213 e. The summed E-state index contributed by atoms with van der Waals surface area (Å²) in [6.07, 6.45) is 1.74. The Bertz CT molecular complexity index is 664. The van der Waals surface area contributed by atoms with Gasteiger partial charge >= 0.3 is 0 Å². The van der Waals surface area contributed by atoms with Crippen molar-refractivity contribution in [2.75, 3.05) is 13.2 Å². The van der Waals surface area contributed by atoms with Gasteiger partial charge in [-0.15, -0.1) is 24.0 Å². The number of hydrogen-bond donors (Lipinski definition) is 2. The number of benzene rings is 1. The molecule has 2 aromatic rings. The van der Waals surface area contributed by atoms with Gasteiger partial charge in [-0.3, -0.25) is 0 Å². The molecule has 0 aliphatic rings. The van der Waals surface area contributed by atoms with Crippen LogP contribution in [0.5, 0.6) is 5.88 Å². The van der Waals surface area contributed by atoms with Gasteiger partial charge in [0.1, 0.15) is 0 Å². The fourth-order valence-corrected chi connectivity index (χ4v) is 2.20. The molecular formula is C18H24ClIN4O. The molecule has 1 heterocycles. The molecule has 7 heteroatoms. The van der Waals surface area contributed by atoms with Crippen LogP contribution in [0.1, 0.15) is 25.0 Å². The molecule has 0 radical (unpaired) electrons. The third kappa shape index (κ3) is 7.92. The largest absolute Gasteiger partial charge is 0.478 e. The van der Waals surface area contributed by atoms with Crippen LogP contribution in [0, 0.1) is 0 Å². The molecule has 0 amide bonds. The highest BCUT2D eigenvalue weighted by molar-refractivity contribution is 14.0. The summed E-state index contributed by atoms with van der Waals surface area (Å²) in [4.78, 5) is 8.77. The van der Waals surface area contributed by atoms with E-state index in [2.05, 4.69) is 20.6 Å². The van der Waals surface area contributed by atoms with E-state index in [1.165, 1.54) is 0 Å². The molecule has 0 atom stereocenters. The van der Waals surface area contributed by atoms with Gasteiger partial charge in [-0.1, -0.05) is 23.7 Å². The quantitative estimate of drug-likeness (QED) is 0.362. The topological polar surface area (TPSA) is 58.5 Å². The van der Waals surface area contributed by atoms with Gasteiger partial charge in [-0.2, -0.15) is 0 Å². The third-order valence-electron chi connectivity index (χ3n) is 3.23. The van der Waals surface area contributed by atoms with E-state index in [4.69, 9.17) is 16.3 Å². The second kappa shape index (κ2) is 11.9. The van der Waals surface area contributed by atoms with Crippen molar-refractivity contribution in [3.8, 4) is 5.88 Å². The van der Waals surface area contributed by atoms with E-state index in [0.29, 0.717) is 25.6 Å². The maximum atomic E-state index is 5.91. The van der Waals surface area contributed by atoms with Crippen LogP contribution in [0.2, 0.25) is 5.02 Å². The van der Waals surface area contributed by atoms with Crippen molar-refractivity contribution >= 4 is 41.5 Å². The monoisotopic (exact) mass is 474 g/mol. The SMILES string of the molecule is CCNC(=NCc1ccnc(OCC)c1)NCc1ccc(Cl)cc1.I. The van der Waals surface area contributed by atoms with E-state index >= 15 is 0 Å². The number of aromatic nitrogens is 1. The lowest BCUT2D eigenvalue weighted by Crippen LogP contribution is -2.36. The van der Waals surface area contributed by atoms with Crippen LogP contribution in [-0.2, 0) is 13.1 Å². The van der Waals surface area contributed by atoms with Crippen molar-refractivity contribution in [3.63, 3.8) is 0 Å². The van der Waals surface area contributed by atoms with Gasteiger partial charge in [0, 0.05) is 30.4 Å². The Morgan fingerprint density at radius 1 is 1.12 bits per heavy atom.